The lowest BCUT2D eigenvalue weighted by molar-refractivity contribution is 0.135. The third-order valence-electron chi connectivity index (χ3n) is 10.7. The lowest BCUT2D eigenvalue weighted by Gasteiger charge is -2.37. The zero-order valence-corrected chi connectivity index (χ0v) is 26.4. The maximum absolute atomic E-state index is 17.3. The van der Waals surface area contributed by atoms with Gasteiger partial charge in [0.15, 0.2) is 11.6 Å². The summed E-state index contributed by atoms with van der Waals surface area (Å²) in [7, 11) is 0. The fraction of sp³-hybridized carbons (Fsp3) is 0.515. The van der Waals surface area contributed by atoms with Crippen molar-refractivity contribution in [3.8, 4) is 23.3 Å². The third kappa shape index (κ3) is 4.65. The normalized spacial score (nSPS) is 24.7. The first-order valence-electron chi connectivity index (χ1n) is 16.2. The van der Waals surface area contributed by atoms with E-state index in [4.69, 9.17) is 25.2 Å². The molecule has 4 fully saturated rings. The van der Waals surface area contributed by atoms with Crippen LogP contribution in [0.25, 0.3) is 32.2 Å². The molecule has 5 aliphatic rings. The number of nitrogens with two attached hydrogens (primary N) is 1. The molecule has 3 saturated heterocycles. The Hall–Kier alpha value is -3.77. The Balaban J connectivity index is 1.21. The van der Waals surface area contributed by atoms with Gasteiger partial charge in [0.25, 0.3) is 0 Å². The smallest absolute Gasteiger partial charge is 0.319 e. The number of ether oxygens (including phenoxy) is 2. The lowest BCUT2D eigenvalue weighted by Crippen LogP contribution is -2.52. The minimum atomic E-state index is -0.790. The van der Waals surface area contributed by atoms with Crippen molar-refractivity contribution in [3.05, 3.63) is 34.5 Å². The van der Waals surface area contributed by atoms with Crippen LogP contribution in [0.15, 0.2) is 6.20 Å². The number of thiophene rings is 1. The largest absolute Gasteiger partial charge is 0.463 e. The molecule has 1 aromatic carbocycles. The molecule has 0 amide bonds. The highest BCUT2D eigenvalue weighted by atomic mass is 32.1. The van der Waals surface area contributed by atoms with Gasteiger partial charge in [-0.25, -0.2) is 13.2 Å². The molecule has 10 nitrogen and oxygen atoms in total. The van der Waals surface area contributed by atoms with Gasteiger partial charge >= 0.3 is 6.01 Å². The molecule has 1 saturated carbocycles. The number of nitrogens with zero attached hydrogens (tertiary/aromatic N) is 6. The lowest BCUT2D eigenvalue weighted by atomic mass is 9.93. The van der Waals surface area contributed by atoms with E-state index in [1.54, 1.807) is 0 Å². The number of benzene rings is 1. The van der Waals surface area contributed by atoms with E-state index in [0.717, 1.165) is 75.0 Å². The molecule has 3 atom stereocenters. The number of rotatable bonds is 7. The molecule has 1 aliphatic carbocycles. The number of piperazine rings is 1. The summed E-state index contributed by atoms with van der Waals surface area (Å²) in [5.74, 6) is -0.650. The minimum Gasteiger partial charge on any atom is -0.463 e. The third-order valence-corrected chi connectivity index (χ3v) is 11.7. The van der Waals surface area contributed by atoms with Gasteiger partial charge in [-0.15, -0.1) is 11.3 Å². The predicted octanol–water partition coefficient (Wildman–Crippen LogP) is 4.81. The maximum atomic E-state index is 17.3. The highest BCUT2D eigenvalue weighted by Gasteiger charge is 2.46. The van der Waals surface area contributed by atoms with Crippen LogP contribution in [0, 0.1) is 28.4 Å². The van der Waals surface area contributed by atoms with Gasteiger partial charge in [0.05, 0.1) is 47.4 Å². The molecule has 0 spiro atoms. The van der Waals surface area contributed by atoms with Crippen molar-refractivity contribution >= 4 is 43.1 Å². The first-order chi connectivity index (χ1) is 22.8. The second-order valence-corrected chi connectivity index (χ2v) is 14.7. The second-order valence-electron chi connectivity index (χ2n) is 13.7. The summed E-state index contributed by atoms with van der Waals surface area (Å²) in [5.41, 5.74) is 7.74. The topological polar surface area (TPSA) is 125 Å². The molecule has 2 unspecified atom stereocenters. The number of aromatic nitrogens is 3. The Labute approximate surface area is 272 Å². The number of pyridine rings is 1. The molecule has 7 heterocycles. The van der Waals surface area contributed by atoms with Crippen LogP contribution in [0.5, 0.6) is 6.01 Å². The van der Waals surface area contributed by atoms with Crippen LogP contribution in [0.1, 0.15) is 48.8 Å². The number of nitrogen functional groups attached to an aromatic ring is 1. The standard InChI is InChI=1S/C33H33F3N8O2S/c34-16-3-6-43(11-16)14-33(4-5-33)15-46-32-41-28-25(31(42-32)44-17-1-2-18(44)9-39-8-17)21-13-45-12-20(21)23(26(28)36)27-24-19(7-37)30(38)47-29(24)22(35)10-40-27/h10,16-18,39H,1-6,8-9,11-15,38H2/t16-,17?,18?/m1/s1. The number of nitriles is 1. The molecular weight excluding hydrogens is 629 g/mol. The number of alkyl halides is 1. The van der Waals surface area contributed by atoms with E-state index >= 15 is 4.39 Å². The molecule has 3 N–H and O–H groups in total. The van der Waals surface area contributed by atoms with Gasteiger partial charge in [-0.2, -0.15) is 15.2 Å². The van der Waals surface area contributed by atoms with Crippen molar-refractivity contribution in [2.75, 3.05) is 50.0 Å². The molecular formula is C33H33F3N8O2S. The molecule has 9 rings (SSSR count). The van der Waals surface area contributed by atoms with Crippen LogP contribution in [-0.2, 0) is 18.0 Å². The van der Waals surface area contributed by atoms with Crippen LogP contribution < -0.4 is 20.7 Å². The number of anilines is 2. The Bertz CT molecular complexity index is 1980. The Kier molecular flexibility index (Phi) is 6.80. The van der Waals surface area contributed by atoms with Gasteiger partial charge in [-0.1, -0.05) is 0 Å². The molecule has 0 radical (unpaired) electrons. The van der Waals surface area contributed by atoms with Gasteiger partial charge in [-0.3, -0.25) is 9.88 Å². The van der Waals surface area contributed by atoms with Crippen LogP contribution in [0.4, 0.5) is 24.0 Å². The van der Waals surface area contributed by atoms with Gasteiger partial charge in [0, 0.05) is 61.2 Å². The highest BCUT2D eigenvalue weighted by molar-refractivity contribution is 7.23. The number of likely N-dealkylation sites (tertiary alicyclic amines) is 1. The van der Waals surface area contributed by atoms with Crippen LogP contribution in [0.2, 0.25) is 0 Å². The number of hydrogen-bond acceptors (Lipinski definition) is 11. The molecule has 47 heavy (non-hydrogen) atoms. The summed E-state index contributed by atoms with van der Waals surface area (Å²) in [6.07, 6.45) is 4.70. The van der Waals surface area contributed by atoms with Crippen LogP contribution in [-0.4, -0.2) is 77.4 Å². The van der Waals surface area contributed by atoms with Crippen LogP contribution >= 0.6 is 11.3 Å². The molecule has 4 aliphatic heterocycles. The fourth-order valence-corrected chi connectivity index (χ4v) is 9.07. The number of halogens is 3. The van der Waals surface area contributed by atoms with E-state index in [1.807, 2.05) is 0 Å². The molecule has 14 heteroatoms. The fourth-order valence-electron chi connectivity index (χ4n) is 8.15. The van der Waals surface area contributed by atoms with E-state index in [9.17, 15) is 14.0 Å². The number of fused-ring (bicyclic) bond motifs is 6. The summed E-state index contributed by atoms with van der Waals surface area (Å²) in [6.45, 7) is 4.19. The van der Waals surface area contributed by atoms with Gasteiger partial charge in [0.2, 0.25) is 0 Å². The SMILES string of the molecule is N#Cc1c(N)sc2c(F)cnc(-c3c4c(c5c(N6C7CCC6CNC7)nc(OCC6(CN7CC[C@@H](F)C7)CC6)nc5c3F)COC4)c12. The highest BCUT2D eigenvalue weighted by Crippen LogP contribution is 2.49. The summed E-state index contributed by atoms with van der Waals surface area (Å²) in [4.78, 5) is 18.5. The van der Waals surface area contributed by atoms with E-state index in [-0.39, 0.29) is 74.1 Å². The zero-order valence-electron chi connectivity index (χ0n) is 25.6. The van der Waals surface area contributed by atoms with Gasteiger partial charge in [-0.05, 0) is 43.2 Å². The van der Waals surface area contributed by atoms with E-state index < -0.39 is 17.8 Å². The van der Waals surface area contributed by atoms with Gasteiger partial charge in [0.1, 0.15) is 28.6 Å². The van der Waals surface area contributed by atoms with Crippen LogP contribution in [0.3, 0.4) is 0 Å². The molecule has 3 aromatic heterocycles. The monoisotopic (exact) mass is 662 g/mol. The first kappa shape index (κ1) is 29.4. The average molecular weight is 663 g/mol. The molecule has 4 aromatic rings. The van der Waals surface area contributed by atoms with Crippen molar-refractivity contribution in [2.45, 2.75) is 63.6 Å². The van der Waals surface area contributed by atoms with E-state index in [1.165, 1.54) is 0 Å². The first-order valence-corrected chi connectivity index (χ1v) is 17.0. The molecule has 244 valence electrons. The molecule has 2 bridgehead atoms. The van der Waals surface area contributed by atoms with Gasteiger partial charge < -0.3 is 25.4 Å². The summed E-state index contributed by atoms with van der Waals surface area (Å²) in [5, 5.41) is 14.4. The van der Waals surface area contributed by atoms with E-state index in [0.29, 0.717) is 36.3 Å². The summed E-state index contributed by atoms with van der Waals surface area (Å²) in [6, 6.07) is 2.52. The van der Waals surface area contributed by atoms with Crippen molar-refractivity contribution in [2.24, 2.45) is 5.41 Å². The Morgan fingerprint density at radius 2 is 1.91 bits per heavy atom. The average Bonchev–Trinajstić information content (AvgIpc) is 3.35. The Morgan fingerprint density at radius 3 is 2.64 bits per heavy atom. The minimum absolute atomic E-state index is 0.0655. The quantitative estimate of drug-likeness (QED) is 0.285. The number of nitrogens with one attached hydrogen (secondary N) is 1. The number of hydrogen-bond donors (Lipinski definition) is 2. The van der Waals surface area contributed by atoms with Crippen molar-refractivity contribution in [1.82, 2.24) is 25.2 Å². The summed E-state index contributed by atoms with van der Waals surface area (Å²) < 4.78 is 58.6. The van der Waals surface area contributed by atoms with Crippen molar-refractivity contribution in [1.29, 1.82) is 5.26 Å². The Morgan fingerprint density at radius 1 is 1.13 bits per heavy atom. The zero-order chi connectivity index (χ0) is 32.0. The van der Waals surface area contributed by atoms with Crippen molar-refractivity contribution in [3.63, 3.8) is 0 Å². The predicted molar refractivity (Wildman–Crippen MR) is 171 cm³/mol. The summed E-state index contributed by atoms with van der Waals surface area (Å²) >= 11 is 0.943. The van der Waals surface area contributed by atoms with E-state index in [2.05, 4.69) is 26.2 Å². The van der Waals surface area contributed by atoms with Crippen molar-refractivity contribution < 1.29 is 22.6 Å². The maximum Gasteiger partial charge on any atom is 0.319 e. The second kappa shape index (κ2) is 10.9.